The standard InChI is InChI=1S/C19H22N2O2/c1-4-6-16-9-11-21(12-10-16)14(2)19(23)20-18-8-5-7-17(13-18)15(3)22/h5,7-14H,4,6H2,1-3H3/p+1/t14-/m0/s1. The lowest BCUT2D eigenvalue weighted by atomic mass is 10.1. The van der Waals surface area contributed by atoms with E-state index in [0.29, 0.717) is 11.3 Å². The van der Waals surface area contributed by atoms with E-state index in [1.807, 2.05) is 36.0 Å². The molecule has 23 heavy (non-hydrogen) atoms. The van der Waals surface area contributed by atoms with Crippen LogP contribution < -0.4 is 9.88 Å². The highest BCUT2D eigenvalue weighted by Crippen LogP contribution is 2.12. The molecule has 2 rings (SSSR count). The third kappa shape index (κ3) is 4.49. The summed E-state index contributed by atoms with van der Waals surface area (Å²) in [6.45, 7) is 5.51. The molecule has 0 radical (unpaired) electrons. The maximum absolute atomic E-state index is 12.4. The summed E-state index contributed by atoms with van der Waals surface area (Å²) in [5.74, 6) is -0.131. The van der Waals surface area contributed by atoms with Crippen LogP contribution in [0.1, 0.15) is 49.2 Å². The van der Waals surface area contributed by atoms with Crippen LogP contribution in [0.25, 0.3) is 0 Å². The first kappa shape index (κ1) is 16.9. The molecular formula is C19H23N2O2+. The van der Waals surface area contributed by atoms with Crippen molar-refractivity contribution in [3.05, 3.63) is 59.9 Å². The number of benzene rings is 1. The van der Waals surface area contributed by atoms with Crippen LogP contribution >= 0.6 is 0 Å². The van der Waals surface area contributed by atoms with E-state index >= 15 is 0 Å². The quantitative estimate of drug-likeness (QED) is 0.657. The molecule has 1 amide bonds. The third-order valence-electron chi connectivity index (χ3n) is 3.82. The number of amides is 1. The van der Waals surface area contributed by atoms with Crippen LogP contribution in [-0.4, -0.2) is 11.7 Å². The molecule has 4 heteroatoms. The summed E-state index contributed by atoms with van der Waals surface area (Å²) in [7, 11) is 0. The Morgan fingerprint density at radius 3 is 2.48 bits per heavy atom. The molecule has 2 aromatic rings. The van der Waals surface area contributed by atoms with Crippen molar-refractivity contribution in [1.82, 2.24) is 0 Å². The Labute approximate surface area is 137 Å². The second kappa shape index (κ2) is 7.68. The van der Waals surface area contributed by atoms with Crippen molar-refractivity contribution in [2.45, 2.75) is 39.7 Å². The van der Waals surface area contributed by atoms with Crippen LogP contribution in [0.15, 0.2) is 48.8 Å². The van der Waals surface area contributed by atoms with Gasteiger partial charge < -0.3 is 5.32 Å². The molecule has 1 atom stereocenters. The van der Waals surface area contributed by atoms with Crippen molar-refractivity contribution < 1.29 is 14.2 Å². The van der Waals surface area contributed by atoms with Gasteiger partial charge in [0.05, 0.1) is 0 Å². The molecule has 0 saturated heterocycles. The Bertz CT molecular complexity index is 693. The molecule has 0 aliphatic rings. The lowest BCUT2D eigenvalue weighted by molar-refractivity contribution is -0.705. The number of carbonyl (C=O) groups excluding carboxylic acids is 2. The molecule has 0 fully saturated rings. The Morgan fingerprint density at radius 1 is 1.17 bits per heavy atom. The predicted octanol–water partition coefficient (Wildman–Crippen LogP) is 3.33. The Kier molecular flexibility index (Phi) is 5.63. The summed E-state index contributed by atoms with van der Waals surface area (Å²) in [6, 6.07) is 10.7. The minimum absolute atomic E-state index is 0.0185. The van der Waals surface area contributed by atoms with E-state index in [1.165, 1.54) is 12.5 Å². The molecule has 4 nitrogen and oxygen atoms in total. The number of pyridine rings is 1. The fourth-order valence-electron chi connectivity index (χ4n) is 2.38. The summed E-state index contributed by atoms with van der Waals surface area (Å²) >= 11 is 0. The zero-order valence-electron chi connectivity index (χ0n) is 13.9. The topological polar surface area (TPSA) is 50.0 Å². The van der Waals surface area contributed by atoms with Crippen molar-refractivity contribution in [2.24, 2.45) is 0 Å². The normalized spacial score (nSPS) is 11.8. The molecule has 1 N–H and O–H groups in total. The molecule has 0 unspecified atom stereocenters. The average molecular weight is 311 g/mol. The smallest absolute Gasteiger partial charge is 0.293 e. The Balaban J connectivity index is 2.07. The molecule has 120 valence electrons. The van der Waals surface area contributed by atoms with Gasteiger partial charge in [-0.25, -0.2) is 0 Å². The summed E-state index contributed by atoms with van der Waals surface area (Å²) < 4.78 is 1.88. The maximum atomic E-state index is 12.4. The number of aromatic nitrogens is 1. The van der Waals surface area contributed by atoms with Gasteiger partial charge in [0.1, 0.15) is 0 Å². The van der Waals surface area contributed by atoms with E-state index in [2.05, 4.69) is 12.2 Å². The molecule has 0 spiro atoms. The fourth-order valence-corrected chi connectivity index (χ4v) is 2.38. The van der Waals surface area contributed by atoms with Gasteiger partial charge in [0.2, 0.25) is 6.04 Å². The molecule has 1 heterocycles. The van der Waals surface area contributed by atoms with Crippen molar-refractivity contribution in [3.63, 3.8) is 0 Å². The minimum atomic E-state index is -0.327. The monoisotopic (exact) mass is 311 g/mol. The van der Waals surface area contributed by atoms with Crippen LogP contribution in [-0.2, 0) is 11.2 Å². The van der Waals surface area contributed by atoms with Crippen molar-refractivity contribution >= 4 is 17.4 Å². The van der Waals surface area contributed by atoms with Crippen LogP contribution in [0.3, 0.4) is 0 Å². The van der Waals surface area contributed by atoms with E-state index in [-0.39, 0.29) is 17.7 Å². The number of rotatable bonds is 6. The largest absolute Gasteiger partial charge is 0.320 e. The number of hydrogen-bond donors (Lipinski definition) is 1. The second-order valence-corrected chi connectivity index (χ2v) is 5.71. The first-order chi connectivity index (χ1) is 11.0. The highest BCUT2D eigenvalue weighted by molar-refractivity contribution is 5.97. The van der Waals surface area contributed by atoms with Crippen molar-refractivity contribution in [2.75, 3.05) is 5.32 Å². The van der Waals surface area contributed by atoms with Crippen LogP contribution in [0.5, 0.6) is 0 Å². The first-order valence-corrected chi connectivity index (χ1v) is 7.92. The van der Waals surface area contributed by atoms with Crippen molar-refractivity contribution in [1.29, 1.82) is 0 Å². The van der Waals surface area contributed by atoms with Gasteiger partial charge >= 0.3 is 0 Å². The summed E-state index contributed by atoms with van der Waals surface area (Å²) in [5, 5.41) is 2.86. The highest BCUT2D eigenvalue weighted by atomic mass is 16.2. The minimum Gasteiger partial charge on any atom is -0.320 e. The third-order valence-corrected chi connectivity index (χ3v) is 3.82. The number of carbonyl (C=O) groups is 2. The van der Waals surface area contributed by atoms with Gasteiger partial charge in [-0.3, -0.25) is 9.59 Å². The van der Waals surface area contributed by atoms with Gasteiger partial charge in [0, 0.05) is 30.3 Å². The van der Waals surface area contributed by atoms with Gasteiger partial charge in [0.15, 0.2) is 18.2 Å². The fraction of sp³-hybridized carbons (Fsp3) is 0.316. The maximum Gasteiger partial charge on any atom is 0.293 e. The lowest BCUT2D eigenvalue weighted by Crippen LogP contribution is -2.44. The van der Waals surface area contributed by atoms with Crippen LogP contribution in [0.2, 0.25) is 0 Å². The molecular weight excluding hydrogens is 288 g/mol. The zero-order chi connectivity index (χ0) is 16.8. The number of nitrogens with zero attached hydrogens (tertiary/aromatic N) is 1. The summed E-state index contributed by atoms with van der Waals surface area (Å²) in [4.78, 5) is 23.8. The number of anilines is 1. The SMILES string of the molecule is CCCc1cc[n+]([C@@H](C)C(=O)Nc2cccc(C(C)=O)c2)cc1. The lowest BCUT2D eigenvalue weighted by Gasteiger charge is -2.10. The molecule has 1 aromatic carbocycles. The van der Waals surface area contributed by atoms with E-state index < -0.39 is 0 Å². The van der Waals surface area contributed by atoms with E-state index in [0.717, 1.165) is 12.8 Å². The van der Waals surface area contributed by atoms with E-state index in [1.54, 1.807) is 24.3 Å². The summed E-state index contributed by atoms with van der Waals surface area (Å²) in [6.07, 6.45) is 6.01. The van der Waals surface area contributed by atoms with E-state index in [9.17, 15) is 9.59 Å². The van der Waals surface area contributed by atoms with Crippen LogP contribution in [0, 0.1) is 0 Å². The number of aryl methyl sites for hydroxylation is 1. The molecule has 1 aromatic heterocycles. The molecule has 0 aliphatic heterocycles. The summed E-state index contributed by atoms with van der Waals surface area (Å²) in [5.41, 5.74) is 2.50. The molecule has 0 saturated carbocycles. The second-order valence-electron chi connectivity index (χ2n) is 5.71. The van der Waals surface area contributed by atoms with E-state index in [4.69, 9.17) is 0 Å². The predicted molar refractivity (Wildman–Crippen MR) is 90.4 cm³/mol. The first-order valence-electron chi connectivity index (χ1n) is 7.92. The number of Topliss-reactive ketones (excluding diaryl/α,β-unsaturated/α-hetero) is 1. The Hall–Kier alpha value is -2.49. The molecule has 0 bridgehead atoms. The van der Waals surface area contributed by atoms with Gasteiger partial charge in [-0.05, 0) is 31.0 Å². The average Bonchev–Trinajstić information content (AvgIpc) is 2.55. The van der Waals surface area contributed by atoms with Gasteiger partial charge in [0.25, 0.3) is 5.91 Å². The van der Waals surface area contributed by atoms with Gasteiger partial charge in [-0.2, -0.15) is 4.57 Å². The highest BCUT2D eigenvalue weighted by Gasteiger charge is 2.21. The van der Waals surface area contributed by atoms with Crippen LogP contribution in [0.4, 0.5) is 5.69 Å². The van der Waals surface area contributed by atoms with Gasteiger partial charge in [-0.15, -0.1) is 0 Å². The zero-order valence-corrected chi connectivity index (χ0v) is 13.9. The number of ketones is 1. The number of nitrogens with one attached hydrogen (secondary N) is 1. The number of hydrogen-bond acceptors (Lipinski definition) is 2. The Morgan fingerprint density at radius 2 is 1.87 bits per heavy atom. The van der Waals surface area contributed by atoms with Crippen molar-refractivity contribution in [3.8, 4) is 0 Å². The van der Waals surface area contributed by atoms with Gasteiger partial charge in [-0.1, -0.05) is 25.5 Å². The molecule has 0 aliphatic carbocycles.